The summed E-state index contributed by atoms with van der Waals surface area (Å²) < 4.78 is 0. The summed E-state index contributed by atoms with van der Waals surface area (Å²) in [7, 11) is 0. The van der Waals surface area contributed by atoms with Crippen molar-refractivity contribution in [3.63, 3.8) is 0 Å². The van der Waals surface area contributed by atoms with Crippen LogP contribution in [0.15, 0.2) is 0 Å². The Balaban J connectivity index is 2.35. The fraction of sp³-hybridized carbons (Fsp3) is 0.667. The molecule has 0 aromatic heterocycles. The molecule has 1 rings (SSSR count). The average molecular weight is 115 g/mol. The summed E-state index contributed by atoms with van der Waals surface area (Å²) in [5.41, 5.74) is 4.85. The second kappa shape index (κ2) is 2.15. The fourth-order valence-corrected chi connectivity index (χ4v) is 0.523. The van der Waals surface area contributed by atoms with Gasteiger partial charge in [-0.15, -0.1) is 0 Å². The standard InChI is InChI=1S/C3H6BNO3/c5-3(6)4-1-2-7-8-4/h1-2H2,(H2,5,6). The SMILES string of the molecule is NC(=O)B1CCOO1. The van der Waals surface area contributed by atoms with Crippen LogP contribution in [0.25, 0.3) is 0 Å². The largest absolute Gasteiger partial charge is 0.441 e. The summed E-state index contributed by atoms with van der Waals surface area (Å²) >= 11 is 0. The molecule has 0 bridgehead atoms. The first-order valence-corrected chi connectivity index (χ1v) is 2.38. The number of rotatable bonds is 1. The molecule has 0 aliphatic carbocycles. The first kappa shape index (κ1) is 5.59. The van der Waals surface area contributed by atoms with Gasteiger partial charge in [0.2, 0.25) is 5.81 Å². The third-order valence-corrected chi connectivity index (χ3v) is 0.965. The van der Waals surface area contributed by atoms with Crippen molar-refractivity contribution in [3.8, 4) is 0 Å². The molecule has 0 radical (unpaired) electrons. The van der Waals surface area contributed by atoms with E-state index in [-0.39, 0.29) is 0 Å². The summed E-state index contributed by atoms with van der Waals surface area (Å²) in [6.45, 7) is -0.0526. The molecule has 0 aromatic rings. The van der Waals surface area contributed by atoms with E-state index in [9.17, 15) is 4.79 Å². The molecule has 1 amide bonds. The van der Waals surface area contributed by atoms with Gasteiger partial charge in [-0.05, 0) is 6.32 Å². The minimum atomic E-state index is -0.519. The maximum Gasteiger partial charge on any atom is 0.441 e. The van der Waals surface area contributed by atoms with Gasteiger partial charge in [0.05, 0.1) is 6.61 Å². The van der Waals surface area contributed by atoms with Gasteiger partial charge in [-0.3, -0.25) is 14.5 Å². The fourth-order valence-electron chi connectivity index (χ4n) is 0.523. The number of hydrogen-bond donors (Lipinski definition) is 1. The minimum Gasteiger partial charge on any atom is -0.375 e. The molecule has 0 atom stereocenters. The molecule has 4 nitrogen and oxygen atoms in total. The average Bonchev–Trinajstić information content (AvgIpc) is 2.12. The van der Waals surface area contributed by atoms with Crippen molar-refractivity contribution in [1.82, 2.24) is 0 Å². The first-order chi connectivity index (χ1) is 3.80. The van der Waals surface area contributed by atoms with Gasteiger partial charge >= 0.3 is 6.92 Å². The lowest BCUT2D eigenvalue weighted by molar-refractivity contribution is -0.184. The van der Waals surface area contributed by atoms with Crippen LogP contribution in [-0.4, -0.2) is 19.3 Å². The molecule has 0 unspecified atom stereocenters. The van der Waals surface area contributed by atoms with E-state index in [1.165, 1.54) is 0 Å². The first-order valence-electron chi connectivity index (χ1n) is 2.38. The minimum absolute atomic E-state index is 0.456. The van der Waals surface area contributed by atoms with E-state index in [0.29, 0.717) is 12.9 Å². The Morgan fingerprint density at radius 2 is 2.50 bits per heavy atom. The number of amides is 1. The van der Waals surface area contributed by atoms with Crippen LogP contribution in [0.1, 0.15) is 0 Å². The molecule has 44 valence electrons. The highest BCUT2D eigenvalue weighted by atomic mass is 17.2. The highest BCUT2D eigenvalue weighted by Crippen LogP contribution is 2.04. The third kappa shape index (κ3) is 0.990. The Labute approximate surface area is 47.0 Å². The maximum absolute atomic E-state index is 10.2. The lowest BCUT2D eigenvalue weighted by atomic mass is 9.65. The molecule has 1 aliphatic heterocycles. The van der Waals surface area contributed by atoms with Crippen molar-refractivity contribution in [2.24, 2.45) is 5.73 Å². The van der Waals surface area contributed by atoms with Crippen LogP contribution >= 0.6 is 0 Å². The second-order valence-electron chi connectivity index (χ2n) is 1.60. The number of hydrogen-bond acceptors (Lipinski definition) is 3. The Kier molecular flexibility index (Phi) is 1.50. The summed E-state index contributed by atoms with van der Waals surface area (Å²) in [6.07, 6.45) is 0.579. The lowest BCUT2D eigenvalue weighted by Gasteiger charge is -1.92. The van der Waals surface area contributed by atoms with Gasteiger partial charge in [0.25, 0.3) is 0 Å². The lowest BCUT2D eigenvalue weighted by Crippen LogP contribution is -2.30. The van der Waals surface area contributed by atoms with Gasteiger partial charge in [0.15, 0.2) is 0 Å². The number of primary amides is 1. The number of nitrogens with two attached hydrogens (primary N) is 1. The van der Waals surface area contributed by atoms with E-state index in [1.54, 1.807) is 0 Å². The van der Waals surface area contributed by atoms with E-state index >= 15 is 0 Å². The topological polar surface area (TPSA) is 61.6 Å². The van der Waals surface area contributed by atoms with Crippen LogP contribution in [-0.2, 0) is 9.69 Å². The van der Waals surface area contributed by atoms with E-state index in [1.807, 2.05) is 0 Å². The summed E-state index contributed by atoms with van der Waals surface area (Å²) in [4.78, 5) is 19.1. The smallest absolute Gasteiger partial charge is 0.375 e. The molecule has 5 heteroatoms. The molecule has 0 aromatic carbocycles. The predicted octanol–water partition coefficient (Wildman–Crippen LogP) is -0.400. The van der Waals surface area contributed by atoms with Gasteiger partial charge in [0, 0.05) is 0 Å². The van der Waals surface area contributed by atoms with Crippen LogP contribution in [0.3, 0.4) is 0 Å². The third-order valence-electron chi connectivity index (χ3n) is 0.965. The van der Waals surface area contributed by atoms with Crippen LogP contribution in [0.2, 0.25) is 6.32 Å². The van der Waals surface area contributed by atoms with Crippen LogP contribution in [0, 0.1) is 0 Å². The summed E-state index contributed by atoms with van der Waals surface area (Å²) in [5, 5.41) is 0. The highest BCUT2D eigenvalue weighted by Gasteiger charge is 2.29. The molecular weight excluding hydrogens is 109 g/mol. The van der Waals surface area contributed by atoms with Gasteiger partial charge < -0.3 is 5.73 Å². The molecule has 1 fully saturated rings. The summed E-state index contributed by atoms with van der Waals surface area (Å²) in [6, 6.07) is 0. The van der Waals surface area contributed by atoms with Crippen LogP contribution in [0.5, 0.6) is 0 Å². The molecule has 1 heterocycles. The van der Waals surface area contributed by atoms with Crippen LogP contribution < -0.4 is 5.73 Å². The molecule has 2 N–H and O–H groups in total. The zero-order chi connectivity index (χ0) is 5.98. The van der Waals surface area contributed by atoms with Crippen molar-refractivity contribution in [2.45, 2.75) is 6.32 Å². The van der Waals surface area contributed by atoms with E-state index in [0.717, 1.165) is 0 Å². The molecule has 0 spiro atoms. The molecule has 0 saturated carbocycles. The Bertz CT molecular complexity index is 101. The quantitative estimate of drug-likeness (QED) is 0.373. The van der Waals surface area contributed by atoms with Crippen molar-refractivity contribution in [2.75, 3.05) is 6.61 Å². The van der Waals surface area contributed by atoms with E-state index in [2.05, 4.69) is 9.69 Å². The highest BCUT2D eigenvalue weighted by molar-refractivity contribution is 6.84. The Morgan fingerprint density at radius 3 is 2.75 bits per heavy atom. The second-order valence-corrected chi connectivity index (χ2v) is 1.60. The monoisotopic (exact) mass is 115 g/mol. The Hall–Kier alpha value is -0.545. The molecule has 8 heavy (non-hydrogen) atoms. The number of carbonyl (C=O) groups is 1. The van der Waals surface area contributed by atoms with Gasteiger partial charge in [-0.1, -0.05) is 0 Å². The van der Waals surface area contributed by atoms with E-state index in [4.69, 9.17) is 5.73 Å². The van der Waals surface area contributed by atoms with Crippen molar-refractivity contribution >= 4 is 12.7 Å². The van der Waals surface area contributed by atoms with Gasteiger partial charge in [0.1, 0.15) is 0 Å². The summed E-state index contributed by atoms with van der Waals surface area (Å²) in [5.74, 6) is -0.456. The Morgan fingerprint density at radius 1 is 1.75 bits per heavy atom. The van der Waals surface area contributed by atoms with Crippen LogP contribution in [0.4, 0.5) is 4.79 Å². The zero-order valence-electron chi connectivity index (χ0n) is 4.29. The van der Waals surface area contributed by atoms with Gasteiger partial charge in [-0.25, -0.2) is 0 Å². The van der Waals surface area contributed by atoms with Crippen molar-refractivity contribution in [1.29, 1.82) is 0 Å². The normalized spacial score (nSPS) is 19.2. The number of carbonyl (C=O) groups excluding carboxylic acids is 1. The predicted molar refractivity (Wildman–Crippen MR) is 27.2 cm³/mol. The molecular formula is C3H6BNO3. The van der Waals surface area contributed by atoms with Gasteiger partial charge in [-0.2, -0.15) is 0 Å². The van der Waals surface area contributed by atoms with E-state index < -0.39 is 12.7 Å². The molecule has 1 aliphatic rings. The van der Waals surface area contributed by atoms with Crippen molar-refractivity contribution < 1.29 is 14.5 Å². The molecule has 1 saturated heterocycles. The van der Waals surface area contributed by atoms with Crippen molar-refractivity contribution in [3.05, 3.63) is 0 Å². The zero-order valence-corrected chi connectivity index (χ0v) is 4.29. The maximum atomic E-state index is 10.2.